The normalized spacial score (nSPS) is 17.9. The summed E-state index contributed by atoms with van der Waals surface area (Å²) in [6, 6.07) is 6.29. The minimum Gasteiger partial charge on any atom is -0.497 e. The van der Waals surface area contributed by atoms with E-state index >= 15 is 0 Å². The van der Waals surface area contributed by atoms with Crippen molar-refractivity contribution in [2.45, 2.75) is 19.9 Å². The van der Waals surface area contributed by atoms with Crippen LogP contribution in [0.5, 0.6) is 5.75 Å². The Morgan fingerprint density at radius 1 is 1.38 bits per heavy atom. The summed E-state index contributed by atoms with van der Waals surface area (Å²) >= 11 is 0. The van der Waals surface area contributed by atoms with Gasteiger partial charge in [-0.1, -0.05) is 12.1 Å². The van der Waals surface area contributed by atoms with Crippen molar-refractivity contribution in [2.75, 3.05) is 13.7 Å². The Kier molecular flexibility index (Phi) is 4.47. The van der Waals surface area contributed by atoms with Gasteiger partial charge in [-0.15, -0.1) is 0 Å². The van der Waals surface area contributed by atoms with Crippen LogP contribution in [0.2, 0.25) is 0 Å². The average molecular weight is 290 g/mol. The molecule has 0 aromatic heterocycles. The highest BCUT2D eigenvalue weighted by atomic mass is 16.5. The van der Waals surface area contributed by atoms with Gasteiger partial charge in [0, 0.05) is 5.70 Å². The summed E-state index contributed by atoms with van der Waals surface area (Å²) in [5.74, 6) is 0.205. The van der Waals surface area contributed by atoms with Crippen LogP contribution in [0, 0.1) is 0 Å². The Morgan fingerprint density at radius 3 is 2.81 bits per heavy atom. The van der Waals surface area contributed by atoms with Gasteiger partial charge in [0.2, 0.25) is 0 Å². The van der Waals surface area contributed by atoms with Crippen LogP contribution in [0.25, 0.3) is 0 Å². The number of hydrogen-bond donors (Lipinski definition) is 2. The molecule has 1 aliphatic rings. The number of ether oxygens (including phenoxy) is 2. The van der Waals surface area contributed by atoms with Crippen molar-refractivity contribution in [1.29, 1.82) is 0 Å². The summed E-state index contributed by atoms with van der Waals surface area (Å²) in [6.45, 7) is 3.69. The largest absolute Gasteiger partial charge is 0.497 e. The molecule has 1 aromatic carbocycles. The maximum atomic E-state index is 12.2. The Labute approximate surface area is 123 Å². The van der Waals surface area contributed by atoms with Crippen LogP contribution in [0.3, 0.4) is 0 Å². The SMILES string of the molecule is CCOC(=O)C1=C(C)NC(=O)NC1c1cccc(OC)c1. The molecule has 6 heteroatoms. The van der Waals surface area contributed by atoms with Gasteiger partial charge in [-0.25, -0.2) is 9.59 Å². The summed E-state index contributed by atoms with van der Waals surface area (Å²) in [4.78, 5) is 23.8. The van der Waals surface area contributed by atoms with E-state index in [0.717, 1.165) is 5.56 Å². The van der Waals surface area contributed by atoms with Gasteiger partial charge >= 0.3 is 12.0 Å². The monoisotopic (exact) mass is 290 g/mol. The van der Waals surface area contributed by atoms with Crippen molar-refractivity contribution in [1.82, 2.24) is 10.6 Å². The first-order valence-corrected chi connectivity index (χ1v) is 6.66. The van der Waals surface area contributed by atoms with Crippen LogP contribution in [-0.4, -0.2) is 25.7 Å². The fourth-order valence-electron chi connectivity index (χ4n) is 2.24. The quantitative estimate of drug-likeness (QED) is 0.830. The molecule has 0 fully saturated rings. The molecule has 0 bridgehead atoms. The number of benzene rings is 1. The Balaban J connectivity index is 2.44. The van der Waals surface area contributed by atoms with Gasteiger partial charge in [-0.2, -0.15) is 0 Å². The lowest BCUT2D eigenvalue weighted by Crippen LogP contribution is -2.45. The van der Waals surface area contributed by atoms with Gasteiger partial charge < -0.3 is 20.1 Å². The zero-order chi connectivity index (χ0) is 15.4. The van der Waals surface area contributed by atoms with E-state index in [1.165, 1.54) is 0 Å². The van der Waals surface area contributed by atoms with Gasteiger partial charge in [0.15, 0.2) is 0 Å². The lowest BCUT2D eigenvalue weighted by atomic mass is 9.95. The van der Waals surface area contributed by atoms with Crippen molar-refractivity contribution in [3.63, 3.8) is 0 Å². The predicted octanol–water partition coefficient (Wildman–Crippen LogP) is 1.89. The first-order chi connectivity index (χ1) is 10.1. The molecule has 0 aliphatic carbocycles. The molecular formula is C15H18N2O4. The Morgan fingerprint density at radius 2 is 2.14 bits per heavy atom. The summed E-state index contributed by atoms with van der Waals surface area (Å²) in [6.07, 6.45) is 0. The van der Waals surface area contributed by atoms with E-state index < -0.39 is 12.0 Å². The fraction of sp³-hybridized carbons (Fsp3) is 0.333. The van der Waals surface area contributed by atoms with Crippen LogP contribution < -0.4 is 15.4 Å². The van der Waals surface area contributed by atoms with Crippen LogP contribution in [0.15, 0.2) is 35.5 Å². The van der Waals surface area contributed by atoms with Gasteiger partial charge in [0.1, 0.15) is 5.75 Å². The number of methoxy groups -OCH3 is 1. The van der Waals surface area contributed by atoms with Gasteiger partial charge in [0.25, 0.3) is 0 Å². The van der Waals surface area contributed by atoms with Crippen LogP contribution in [0.4, 0.5) is 4.79 Å². The number of carbonyl (C=O) groups excluding carboxylic acids is 2. The number of urea groups is 1. The molecule has 0 spiro atoms. The Bertz CT molecular complexity index is 595. The number of esters is 1. The molecule has 21 heavy (non-hydrogen) atoms. The van der Waals surface area contributed by atoms with Gasteiger partial charge in [-0.3, -0.25) is 0 Å². The standard InChI is InChI=1S/C15H18N2O4/c1-4-21-14(18)12-9(2)16-15(19)17-13(12)10-6-5-7-11(8-10)20-3/h5-8,13H,4H2,1-3H3,(H2,16,17,19). The molecule has 1 heterocycles. The number of amides is 2. The highest BCUT2D eigenvalue weighted by Gasteiger charge is 2.32. The number of rotatable bonds is 4. The van der Waals surface area contributed by atoms with Crippen molar-refractivity contribution in [2.24, 2.45) is 0 Å². The van der Waals surface area contributed by atoms with Crippen molar-refractivity contribution in [3.05, 3.63) is 41.1 Å². The molecule has 1 unspecified atom stereocenters. The van der Waals surface area contributed by atoms with E-state index in [4.69, 9.17) is 9.47 Å². The number of allylic oxidation sites excluding steroid dienone is 1. The third-order valence-electron chi connectivity index (χ3n) is 3.19. The molecule has 6 nitrogen and oxygen atoms in total. The lowest BCUT2D eigenvalue weighted by molar-refractivity contribution is -0.139. The van der Waals surface area contributed by atoms with E-state index in [1.54, 1.807) is 39.2 Å². The van der Waals surface area contributed by atoms with Crippen LogP contribution in [0.1, 0.15) is 25.5 Å². The van der Waals surface area contributed by atoms with Gasteiger partial charge in [0.05, 0.1) is 25.3 Å². The van der Waals surface area contributed by atoms with E-state index in [1.807, 2.05) is 6.07 Å². The smallest absolute Gasteiger partial charge is 0.338 e. The summed E-state index contributed by atoms with van der Waals surface area (Å²) in [5.41, 5.74) is 1.64. The second-order valence-corrected chi connectivity index (χ2v) is 4.57. The summed E-state index contributed by atoms with van der Waals surface area (Å²) < 4.78 is 10.3. The van der Waals surface area contributed by atoms with Crippen molar-refractivity contribution >= 4 is 12.0 Å². The van der Waals surface area contributed by atoms with Crippen molar-refractivity contribution < 1.29 is 19.1 Å². The molecule has 112 valence electrons. The van der Waals surface area contributed by atoms with Crippen molar-refractivity contribution in [3.8, 4) is 5.75 Å². The minimum absolute atomic E-state index is 0.272. The average Bonchev–Trinajstić information content (AvgIpc) is 2.46. The van der Waals surface area contributed by atoms with E-state index in [0.29, 0.717) is 17.0 Å². The van der Waals surface area contributed by atoms with E-state index in [2.05, 4.69) is 10.6 Å². The molecule has 0 saturated heterocycles. The highest BCUT2D eigenvalue weighted by Crippen LogP contribution is 2.29. The molecular weight excluding hydrogens is 272 g/mol. The molecule has 1 aliphatic heterocycles. The number of nitrogens with one attached hydrogen (secondary N) is 2. The molecule has 1 aromatic rings. The summed E-state index contributed by atoms with van der Waals surface area (Å²) in [7, 11) is 1.56. The topological polar surface area (TPSA) is 76.7 Å². The maximum Gasteiger partial charge on any atom is 0.338 e. The second kappa shape index (κ2) is 6.30. The molecule has 2 rings (SSSR count). The van der Waals surface area contributed by atoms with Crippen LogP contribution >= 0.6 is 0 Å². The van der Waals surface area contributed by atoms with Gasteiger partial charge in [-0.05, 0) is 31.5 Å². The van der Waals surface area contributed by atoms with E-state index in [9.17, 15) is 9.59 Å². The number of carbonyl (C=O) groups is 2. The second-order valence-electron chi connectivity index (χ2n) is 4.57. The zero-order valence-corrected chi connectivity index (χ0v) is 12.2. The minimum atomic E-state index is -0.562. The molecule has 2 N–H and O–H groups in total. The predicted molar refractivity (Wildman–Crippen MR) is 76.7 cm³/mol. The molecule has 1 atom stereocenters. The summed E-state index contributed by atoms with van der Waals surface area (Å²) in [5, 5.41) is 5.33. The molecule has 0 saturated carbocycles. The zero-order valence-electron chi connectivity index (χ0n) is 12.2. The third-order valence-corrected chi connectivity index (χ3v) is 3.19. The van der Waals surface area contributed by atoms with E-state index in [-0.39, 0.29) is 12.6 Å². The fourth-order valence-corrected chi connectivity index (χ4v) is 2.24. The van der Waals surface area contributed by atoms with Crippen LogP contribution in [-0.2, 0) is 9.53 Å². The Hall–Kier alpha value is -2.50. The highest BCUT2D eigenvalue weighted by molar-refractivity contribution is 5.95. The molecule has 2 amide bonds. The number of hydrogen-bond acceptors (Lipinski definition) is 4. The molecule has 0 radical (unpaired) electrons. The first kappa shape index (κ1) is 14.9. The maximum absolute atomic E-state index is 12.2. The lowest BCUT2D eigenvalue weighted by Gasteiger charge is -2.28. The third kappa shape index (κ3) is 3.16. The first-order valence-electron chi connectivity index (χ1n) is 6.66.